The molecule has 9 nitrogen and oxygen atoms in total. The molecule has 1 atom stereocenters. The zero-order valence-corrected chi connectivity index (χ0v) is 18.0. The number of rotatable bonds is 6. The summed E-state index contributed by atoms with van der Waals surface area (Å²) in [6.07, 6.45) is 2.91. The first-order valence-corrected chi connectivity index (χ1v) is 11.2. The third kappa shape index (κ3) is 5.01. The summed E-state index contributed by atoms with van der Waals surface area (Å²) in [6, 6.07) is 13.4. The first kappa shape index (κ1) is 20.8. The van der Waals surface area contributed by atoms with Crippen molar-refractivity contribution < 1.29 is 17.9 Å². The van der Waals surface area contributed by atoms with Gasteiger partial charge in [-0.3, -0.25) is 0 Å². The molecule has 11 heteroatoms. The molecule has 0 fully saturated rings. The summed E-state index contributed by atoms with van der Waals surface area (Å²) in [5, 5.41) is 6.64. The maximum atomic E-state index is 12.4. The van der Waals surface area contributed by atoms with Crippen LogP contribution in [0, 0.1) is 0 Å². The van der Waals surface area contributed by atoms with E-state index in [4.69, 9.17) is 21.7 Å². The maximum absolute atomic E-state index is 12.4. The van der Waals surface area contributed by atoms with Gasteiger partial charge in [-0.15, -0.1) is 0 Å². The zero-order chi connectivity index (χ0) is 21.8. The van der Waals surface area contributed by atoms with Gasteiger partial charge in [0.15, 0.2) is 16.6 Å². The topological polar surface area (TPSA) is 114 Å². The maximum Gasteiger partial charge on any atom is 0.264 e. The van der Waals surface area contributed by atoms with Crippen LogP contribution >= 0.6 is 12.2 Å². The van der Waals surface area contributed by atoms with Gasteiger partial charge in [0, 0.05) is 18.1 Å². The van der Waals surface area contributed by atoms with E-state index in [0.717, 1.165) is 11.3 Å². The largest absolute Gasteiger partial charge is 0.454 e. The molecule has 0 radical (unpaired) electrons. The number of hydrogen-bond acceptors (Lipinski definition) is 7. The Morgan fingerprint density at radius 1 is 1.06 bits per heavy atom. The van der Waals surface area contributed by atoms with Crippen LogP contribution in [0.3, 0.4) is 0 Å². The summed E-state index contributed by atoms with van der Waals surface area (Å²) in [7, 11) is -3.79. The Balaban J connectivity index is 1.36. The van der Waals surface area contributed by atoms with E-state index in [0.29, 0.717) is 16.5 Å². The van der Waals surface area contributed by atoms with Crippen molar-refractivity contribution in [3.05, 3.63) is 66.5 Å². The van der Waals surface area contributed by atoms with Crippen LogP contribution in [0.4, 0.5) is 11.6 Å². The van der Waals surface area contributed by atoms with E-state index in [1.807, 2.05) is 25.1 Å². The van der Waals surface area contributed by atoms with E-state index in [1.54, 1.807) is 18.2 Å². The van der Waals surface area contributed by atoms with Crippen LogP contribution in [0.15, 0.2) is 65.8 Å². The molecule has 2 aromatic carbocycles. The molecule has 1 aliphatic heterocycles. The number of benzene rings is 2. The van der Waals surface area contributed by atoms with E-state index in [1.165, 1.54) is 24.5 Å². The molecular formula is C20H19N5O4S2. The van der Waals surface area contributed by atoms with Crippen LogP contribution in [0.1, 0.15) is 18.5 Å². The van der Waals surface area contributed by atoms with Crippen LogP contribution < -0.4 is 24.8 Å². The first-order valence-electron chi connectivity index (χ1n) is 9.28. The fourth-order valence-electron chi connectivity index (χ4n) is 2.88. The highest BCUT2D eigenvalue weighted by atomic mass is 32.2. The fourth-order valence-corrected chi connectivity index (χ4v) is 4.13. The number of hydrogen-bond donors (Lipinski definition) is 3. The van der Waals surface area contributed by atoms with Crippen molar-refractivity contribution in [1.82, 2.24) is 15.3 Å². The lowest BCUT2D eigenvalue weighted by Gasteiger charge is -2.18. The Labute approximate surface area is 184 Å². The van der Waals surface area contributed by atoms with Crippen molar-refractivity contribution in [3.8, 4) is 11.5 Å². The number of sulfonamides is 1. The van der Waals surface area contributed by atoms with Gasteiger partial charge in [-0.25, -0.2) is 23.1 Å². The van der Waals surface area contributed by atoms with E-state index in [-0.39, 0.29) is 23.7 Å². The molecule has 4 rings (SSSR count). The van der Waals surface area contributed by atoms with Crippen molar-refractivity contribution in [1.29, 1.82) is 0 Å². The SMILES string of the molecule is C[C@H](NC(=S)Nc1ccc(S(=O)(=O)Nc2ncccn2)cc1)c1ccc2c(c1)OCO2. The lowest BCUT2D eigenvalue weighted by molar-refractivity contribution is 0.174. The minimum absolute atomic E-state index is 0.00702. The number of aromatic nitrogens is 2. The quantitative estimate of drug-likeness (QED) is 0.481. The van der Waals surface area contributed by atoms with Crippen LogP contribution in [0.5, 0.6) is 11.5 Å². The number of fused-ring (bicyclic) bond motifs is 1. The molecule has 31 heavy (non-hydrogen) atoms. The van der Waals surface area contributed by atoms with E-state index < -0.39 is 10.0 Å². The monoisotopic (exact) mass is 457 g/mol. The van der Waals surface area contributed by atoms with Gasteiger partial charge in [-0.2, -0.15) is 0 Å². The van der Waals surface area contributed by atoms with E-state index in [2.05, 4.69) is 25.3 Å². The Morgan fingerprint density at radius 2 is 1.77 bits per heavy atom. The lowest BCUT2D eigenvalue weighted by Crippen LogP contribution is -2.30. The van der Waals surface area contributed by atoms with Gasteiger partial charge in [0.2, 0.25) is 12.7 Å². The molecule has 0 unspecified atom stereocenters. The number of thiocarbonyl (C=S) groups is 1. The van der Waals surface area contributed by atoms with Gasteiger partial charge >= 0.3 is 0 Å². The number of nitrogens with zero attached hydrogens (tertiary/aromatic N) is 2. The van der Waals surface area contributed by atoms with Crippen molar-refractivity contribution in [2.45, 2.75) is 17.9 Å². The average molecular weight is 458 g/mol. The Kier molecular flexibility index (Phi) is 5.87. The second-order valence-electron chi connectivity index (χ2n) is 6.64. The third-order valence-electron chi connectivity index (χ3n) is 4.46. The predicted octanol–water partition coefficient (Wildman–Crippen LogP) is 3.05. The Bertz CT molecular complexity index is 1190. The molecule has 0 saturated heterocycles. The lowest BCUT2D eigenvalue weighted by atomic mass is 10.1. The van der Waals surface area contributed by atoms with Gasteiger partial charge in [0.25, 0.3) is 10.0 Å². The fraction of sp³-hybridized carbons (Fsp3) is 0.150. The number of nitrogens with one attached hydrogen (secondary N) is 3. The molecule has 0 bridgehead atoms. The summed E-state index contributed by atoms with van der Waals surface area (Å²) in [5.41, 5.74) is 1.63. The molecule has 0 spiro atoms. The van der Waals surface area contributed by atoms with Crippen molar-refractivity contribution >= 4 is 39.0 Å². The van der Waals surface area contributed by atoms with Crippen LogP contribution in [-0.4, -0.2) is 30.3 Å². The normalized spacial score (nSPS) is 13.3. The summed E-state index contributed by atoms with van der Waals surface area (Å²) in [5.74, 6) is 1.43. The molecule has 0 saturated carbocycles. The highest BCUT2D eigenvalue weighted by Gasteiger charge is 2.17. The van der Waals surface area contributed by atoms with Crippen LogP contribution in [0.25, 0.3) is 0 Å². The predicted molar refractivity (Wildman–Crippen MR) is 120 cm³/mol. The standard InChI is InChI=1S/C20H19N5O4S2/c1-13(14-3-8-17-18(11-14)29-12-28-17)23-20(30)24-15-4-6-16(7-5-15)31(26,27)25-19-21-9-2-10-22-19/h2-11,13H,12H2,1H3,(H,21,22,25)(H2,23,24,30)/t13-/m0/s1. The molecule has 1 aliphatic rings. The van der Waals surface area contributed by atoms with Crippen molar-refractivity contribution in [3.63, 3.8) is 0 Å². The Hall–Kier alpha value is -3.44. The van der Waals surface area contributed by atoms with Gasteiger partial charge in [0.1, 0.15) is 0 Å². The molecule has 2 heterocycles. The van der Waals surface area contributed by atoms with Gasteiger partial charge in [-0.1, -0.05) is 6.07 Å². The molecule has 3 N–H and O–H groups in total. The zero-order valence-electron chi connectivity index (χ0n) is 16.4. The number of anilines is 2. The van der Waals surface area contributed by atoms with Crippen LogP contribution in [-0.2, 0) is 10.0 Å². The van der Waals surface area contributed by atoms with Gasteiger partial charge in [-0.05, 0) is 67.2 Å². The second kappa shape index (κ2) is 8.74. The van der Waals surface area contributed by atoms with Gasteiger partial charge < -0.3 is 20.1 Å². The summed E-state index contributed by atoms with van der Waals surface area (Å²) >= 11 is 5.38. The Morgan fingerprint density at radius 3 is 2.52 bits per heavy atom. The van der Waals surface area contributed by atoms with Crippen molar-refractivity contribution in [2.75, 3.05) is 16.8 Å². The number of ether oxygens (including phenoxy) is 2. The molecular weight excluding hydrogens is 438 g/mol. The highest BCUT2D eigenvalue weighted by molar-refractivity contribution is 7.92. The van der Waals surface area contributed by atoms with E-state index in [9.17, 15) is 8.42 Å². The summed E-state index contributed by atoms with van der Waals surface area (Å²) in [4.78, 5) is 7.81. The molecule has 0 amide bonds. The van der Waals surface area contributed by atoms with Gasteiger partial charge in [0.05, 0.1) is 10.9 Å². The molecule has 3 aromatic rings. The average Bonchev–Trinajstić information content (AvgIpc) is 3.22. The minimum atomic E-state index is -3.79. The summed E-state index contributed by atoms with van der Waals surface area (Å²) in [6.45, 7) is 2.19. The minimum Gasteiger partial charge on any atom is -0.454 e. The highest BCUT2D eigenvalue weighted by Crippen LogP contribution is 2.34. The summed E-state index contributed by atoms with van der Waals surface area (Å²) < 4.78 is 38.0. The molecule has 0 aliphatic carbocycles. The van der Waals surface area contributed by atoms with E-state index >= 15 is 0 Å². The second-order valence-corrected chi connectivity index (χ2v) is 8.73. The first-order chi connectivity index (χ1) is 14.9. The molecule has 1 aromatic heterocycles. The van der Waals surface area contributed by atoms with Crippen LogP contribution in [0.2, 0.25) is 0 Å². The van der Waals surface area contributed by atoms with Crippen molar-refractivity contribution in [2.24, 2.45) is 0 Å². The third-order valence-corrected chi connectivity index (χ3v) is 6.02. The molecule has 160 valence electrons. The smallest absolute Gasteiger partial charge is 0.264 e.